The molecule has 0 fully saturated rings. The Labute approximate surface area is 101 Å². The number of halogens is 1. The molecule has 0 radical (unpaired) electrons. The smallest absolute Gasteiger partial charge is 0.134 e. The summed E-state index contributed by atoms with van der Waals surface area (Å²) >= 11 is 3.51. The van der Waals surface area contributed by atoms with Crippen molar-refractivity contribution in [3.05, 3.63) is 22.6 Å². The fourth-order valence-electron chi connectivity index (χ4n) is 1.63. The topological polar surface area (TPSA) is 25.2 Å². The highest BCUT2D eigenvalue weighted by Crippen LogP contribution is 2.28. The average Bonchev–Trinajstić information content (AvgIpc) is 2.58. The van der Waals surface area contributed by atoms with Gasteiger partial charge in [0.05, 0.1) is 16.8 Å². The van der Waals surface area contributed by atoms with Crippen molar-refractivity contribution in [2.45, 2.75) is 39.7 Å². The van der Waals surface area contributed by atoms with Gasteiger partial charge in [-0.05, 0) is 47.3 Å². The van der Waals surface area contributed by atoms with Gasteiger partial charge >= 0.3 is 0 Å². The van der Waals surface area contributed by atoms with Gasteiger partial charge in [0.15, 0.2) is 0 Å². The summed E-state index contributed by atoms with van der Waals surface area (Å²) in [7, 11) is 0. The van der Waals surface area contributed by atoms with E-state index < -0.39 is 0 Å². The first-order chi connectivity index (χ1) is 7.15. The summed E-state index contributed by atoms with van der Waals surface area (Å²) in [6, 6.07) is 2.28. The van der Waals surface area contributed by atoms with Gasteiger partial charge in [-0.2, -0.15) is 0 Å². The Bertz CT molecular complexity index is 283. The lowest BCUT2D eigenvalue weighted by atomic mass is 10.0. The van der Waals surface area contributed by atoms with Gasteiger partial charge in [-0.15, -0.1) is 0 Å². The van der Waals surface area contributed by atoms with E-state index in [0.717, 1.165) is 29.6 Å². The van der Waals surface area contributed by atoms with Crippen molar-refractivity contribution in [1.82, 2.24) is 5.32 Å². The molecule has 1 heterocycles. The van der Waals surface area contributed by atoms with Gasteiger partial charge in [-0.1, -0.05) is 20.8 Å². The van der Waals surface area contributed by atoms with Crippen LogP contribution in [-0.4, -0.2) is 6.54 Å². The molecular weight excluding hydrogens is 254 g/mol. The standard InChI is InChI=1S/C12H20BrNO/c1-4-6-14-11(8-9(2)3)12-10(13)5-7-15-12/h5,7,9,11,14H,4,6,8H2,1-3H3. The Morgan fingerprint density at radius 3 is 2.67 bits per heavy atom. The van der Waals surface area contributed by atoms with Gasteiger partial charge in [0.25, 0.3) is 0 Å². The molecule has 0 saturated heterocycles. The second kappa shape index (κ2) is 6.33. The molecule has 1 aromatic heterocycles. The molecule has 0 saturated carbocycles. The highest BCUT2D eigenvalue weighted by Gasteiger charge is 2.18. The van der Waals surface area contributed by atoms with E-state index >= 15 is 0 Å². The predicted octanol–water partition coefficient (Wildman–Crippen LogP) is 4.13. The molecule has 3 heteroatoms. The average molecular weight is 274 g/mol. The van der Waals surface area contributed by atoms with Crippen LogP contribution < -0.4 is 5.32 Å². The molecule has 1 atom stereocenters. The predicted molar refractivity (Wildman–Crippen MR) is 66.9 cm³/mol. The van der Waals surface area contributed by atoms with E-state index in [-0.39, 0.29) is 0 Å². The van der Waals surface area contributed by atoms with E-state index in [1.807, 2.05) is 6.07 Å². The molecule has 1 N–H and O–H groups in total. The van der Waals surface area contributed by atoms with E-state index in [2.05, 4.69) is 42.0 Å². The van der Waals surface area contributed by atoms with Gasteiger partial charge in [0, 0.05) is 0 Å². The van der Waals surface area contributed by atoms with Crippen LogP contribution in [0, 0.1) is 5.92 Å². The Morgan fingerprint density at radius 2 is 2.20 bits per heavy atom. The minimum absolute atomic E-state index is 0.328. The molecule has 0 amide bonds. The molecular formula is C12H20BrNO. The normalized spacial score (nSPS) is 13.4. The Kier molecular flexibility index (Phi) is 5.40. The highest BCUT2D eigenvalue weighted by molar-refractivity contribution is 9.10. The fraction of sp³-hybridized carbons (Fsp3) is 0.667. The lowest BCUT2D eigenvalue weighted by Crippen LogP contribution is -2.23. The number of furan rings is 1. The van der Waals surface area contributed by atoms with Crippen LogP contribution in [0.15, 0.2) is 21.2 Å². The summed E-state index contributed by atoms with van der Waals surface area (Å²) in [4.78, 5) is 0. The van der Waals surface area contributed by atoms with Crippen molar-refractivity contribution in [3.63, 3.8) is 0 Å². The first-order valence-corrected chi connectivity index (χ1v) is 6.40. The van der Waals surface area contributed by atoms with Gasteiger partial charge < -0.3 is 9.73 Å². The number of hydrogen-bond acceptors (Lipinski definition) is 2. The molecule has 0 aliphatic heterocycles. The summed E-state index contributed by atoms with van der Waals surface area (Å²) in [5.41, 5.74) is 0. The Balaban J connectivity index is 2.67. The van der Waals surface area contributed by atoms with Crippen LogP contribution in [0.5, 0.6) is 0 Å². The van der Waals surface area contributed by atoms with Crippen LogP contribution in [0.3, 0.4) is 0 Å². The zero-order valence-corrected chi connectivity index (χ0v) is 11.3. The van der Waals surface area contributed by atoms with E-state index in [1.54, 1.807) is 6.26 Å². The van der Waals surface area contributed by atoms with Crippen LogP contribution in [-0.2, 0) is 0 Å². The summed E-state index contributed by atoms with van der Waals surface area (Å²) in [5.74, 6) is 1.69. The molecule has 0 aliphatic rings. The Morgan fingerprint density at radius 1 is 1.47 bits per heavy atom. The molecule has 0 aliphatic carbocycles. The van der Waals surface area contributed by atoms with Gasteiger partial charge in [-0.25, -0.2) is 0 Å². The molecule has 0 bridgehead atoms. The maximum Gasteiger partial charge on any atom is 0.134 e. The molecule has 86 valence electrons. The van der Waals surface area contributed by atoms with Gasteiger partial charge in [-0.3, -0.25) is 0 Å². The van der Waals surface area contributed by atoms with Crippen LogP contribution >= 0.6 is 15.9 Å². The summed E-state index contributed by atoms with van der Waals surface area (Å²) in [6.07, 6.45) is 3.99. The van der Waals surface area contributed by atoms with Crippen LogP contribution in [0.2, 0.25) is 0 Å². The second-order valence-corrected chi connectivity index (χ2v) is 5.12. The lowest BCUT2D eigenvalue weighted by Gasteiger charge is -2.18. The molecule has 0 aromatic carbocycles. The molecule has 2 nitrogen and oxygen atoms in total. The van der Waals surface area contributed by atoms with Gasteiger partial charge in [0.1, 0.15) is 5.76 Å². The summed E-state index contributed by atoms with van der Waals surface area (Å²) in [6.45, 7) is 7.68. The minimum atomic E-state index is 0.328. The largest absolute Gasteiger partial charge is 0.466 e. The summed E-state index contributed by atoms with van der Waals surface area (Å²) in [5, 5.41) is 3.52. The molecule has 0 spiro atoms. The third kappa shape index (κ3) is 3.99. The highest BCUT2D eigenvalue weighted by atomic mass is 79.9. The second-order valence-electron chi connectivity index (χ2n) is 4.27. The number of nitrogens with one attached hydrogen (secondary N) is 1. The molecule has 1 rings (SSSR count). The quantitative estimate of drug-likeness (QED) is 0.843. The van der Waals surface area contributed by atoms with E-state index in [1.165, 1.54) is 0 Å². The summed E-state index contributed by atoms with van der Waals surface area (Å²) < 4.78 is 6.58. The first-order valence-electron chi connectivity index (χ1n) is 5.61. The van der Waals surface area contributed by atoms with Crippen molar-refractivity contribution in [2.24, 2.45) is 5.92 Å². The molecule has 1 aromatic rings. The van der Waals surface area contributed by atoms with Gasteiger partial charge in [0.2, 0.25) is 0 Å². The monoisotopic (exact) mass is 273 g/mol. The van der Waals surface area contributed by atoms with Crippen molar-refractivity contribution in [1.29, 1.82) is 0 Å². The third-order valence-electron chi connectivity index (χ3n) is 2.31. The van der Waals surface area contributed by atoms with E-state index in [9.17, 15) is 0 Å². The maximum atomic E-state index is 5.51. The van der Waals surface area contributed by atoms with E-state index in [4.69, 9.17) is 4.42 Å². The maximum absolute atomic E-state index is 5.51. The number of hydrogen-bond donors (Lipinski definition) is 1. The minimum Gasteiger partial charge on any atom is -0.466 e. The van der Waals surface area contributed by atoms with Crippen LogP contribution in [0.25, 0.3) is 0 Å². The SMILES string of the molecule is CCCNC(CC(C)C)c1occc1Br. The van der Waals surface area contributed by atoms with Crippen molar-refractivity contribution >= 4 is 15.9 Å². The first kappa shape index (κ1) is 12.8. The zero-order valence-electron chi connectivity index (χ0n) is 9.72. The van der Waals surface area contributed by atoms with Crippen LogP contribution in [0.4, 0.5) is 0 Å². The van der Waals surface area contributed by atoms with Crippen molar-refractivity contribution in [3.8, 4) is 0 Å². The number of rotatable bonds is 6. The Hall–Kier alpha value is -0.280. The van der Waals surface area contributed by atoms with Crippen molar-refractivity contribution < 1.29 is 4.42 Å². The molecule has 15 heavy (non-hydrogen) atoms. The zero-order chi connectivity index (χ0) is 11.3. The van der Waals surface area contributed by atoms with Crippen LogP contribution in [0.1, 0.15) is 45.4 Å². The van der Waals surface area contributed by atoms with Crippen molar-refractivity contribution in [2.75, 3.05) is 6.54 Å². The third-order valence-corrected chi connectivity index (χ3v) is 2.96. The molecule has 1 unspecified atom stereocenters. The lowest BCUT2D eigenvalue weighted by molar-refractivity contribution is 0.360. The van der Waals surface area contributed by atoms with E-state index in [0.29, 0.717) is 12.0 Å². The fourth-order valence-corrected chi connectivity index (χ4v) is 2.10.